The quantitative estimate of drug-likeness (QED) is 0.135. The normalized spacial score (nSPS) is 12.9. The van der Waals surface area contributed by atoms with Crippen LogP contribution < -0.4 is 0 Å². The van der Waals surface area contributed by atoms with Crippen molar-refractivity contribution in [2.24, 2.45) is 0 Å². The lowest BCUT2D eigenvalue weighted by molar-refractivity contribution is 0.627. The third-order valence-electron chi connectivity index (χ3n) is 13.7. The molecule has 0 bridgehead atoms. The molecule has 302 valence electrons. The van der Waals surface area contributed by atoms with E-state index in [1.54, 1.807) is 0 Å². The number of aromatic nitrogens is 1. The van der Waals surface area contributed by atoms with E-state index in [2.05, 4.69) is 235 Å². The molecule has 0 N–H and O–H groups in total. The standard InChI is InChI=1S/C62H42FN/c63-51-33-35-52(36-34-51)64-59-29-17-16-28-55(59)56-40-43(31-39-60(56)64)44-30-37-53-54-38-32-50(42-58(54)62(57(53)41-44,48-24-12-4-13-25-48)49-26-14-5-15-27-49)61(45-18-6-1-7-19-45,46-20-8-2-9-21-46)47-22-10-3-11-23-47/h1-42H. The largest absolute Gasteiger partial charge is 0.309 e. The van der Waals surface area contributed by atoms with Crippen molar-refractivity contribution >= 4 is 21.8 Å². The molecule has 0 unspecified atom stereocenters. The summed E-state index contributed by atoms with van der Waals surface area (Å²) in [6.07, 6.45) is 0. The topological polar surface area (TPSA) is 4.93 Å². The summed E-state index contributed by atoms with van der Waals surface area (Å²) in [6.45, 7) is 0. The van der Waals surface area contributed by atoms with Crippen LogP contribution in [0.4, 0.5) is 4.39 Å². The van der Waals surface area contributed by atoms with E-state index in [-0.39, 0.29) is 5.82 Å². The van der Waals surface area contributed by atoms with Crippen LogP contribution in [0.5, 0.6) is 0 Å². The molecule has 10 aromatic carbocycles. The molecule has 0 radical (unpaired) electrons. The summed E-state index contributed by atoms with van der Waals surface area (Å²) in [5.41, 5.74) is 16.4. The molecule has 0 atom stereocenters. The predicted molar refractivity (Wildman–Crippen MR) is 262 cm³/mol. The fraction of sp³-hybridized carbons (Fsp3) is 0.0323. The average Bonchev–Trinajstić information content (AvgIpc) is 3.86. The Hall–Kier alpha value is -8.07. The van der Waals surface area contributed by atoms with Crippen LogP contribution in [0, 0.1) is 5.82 Å². The van der Waals surface area contributed by atoms with E-state index < -0.39 is 10.8 Å². The third kappa shape index (κ3) is 5.62. The molecule has 1 aliphatic rings. The van der Waals surface area contributed by atoms with Gasteiger partial charge in [-0.3, -0.25) is 0 Å². The van der Waals surface area contributed by atoms with Gasteiger partial charge in [-0.05, 0) is 115 Å². The fourth-order valence-electron chi connectivity index (χ4n) is 11.0. The van der Waals surface area contributed by atoms with Crippen molar-refractivity contribution in [2.75, 3.05) is 0 Å². The molecule has 0 spiro atoms. The van der Waals surface area contributed by atoms with Gasteiger partial charge in [-0.25, -0.2) is 4.39 Å². The Labute approximate surface area is 373 Å². The second-order valence-corrected chi connectivity index (χ2v) is 16.9. The van der Waals surface area contributed by atoms with Crippen LogP contribution >= 0.6 is 0 Å². The van der Waals surface area contributed by atoms with Crippen molar-refractivity contribution in [3.63, 3.8) is 0 Å². The first-order valence-corrected chi connectivity index (χ1v) is 22.0. The summed E-state index contributed by atoms with van der Waals surface area (Å²) < 4.78 is 16.4. The van der Waals surface area contributed by atoms with Gasteiger partial charge in [-0.15, -0.1) is 0 Å². The first-order valence-electron chi connectivity index (χ1n) is 22.0. The summed E-state index contributed by atoms with van der Waals surface area (Å²) in [4.78, 5) is 0. The number of hydrogen-bond donors (Lipinski definition) is 0. The summed E-state index contributed by atoms with van der Waals surface area (Å²) in [7, 11) is 0. The SMILES string of the molecule is Fc1ccc(-n2c3ccccc3c3cc(-c4ccc5c(c4)C(c4ccccc4)(c4ccccc4)c4cc(C(c6ccccc6)(c6ccccc6)c6ccccc6)ccc4-5)ccc32)cc1. The van der Waals surface area contributed by atoms with Crippen LogP contribution in [0.1, 0.15) is 44.5 Å². The third-order valence-corrected chi connectivity index (χ3v) is 13.7. The molecule has 1 nitrogen and oxygen atoms in total. The van der Waals surface area contributed by atoms with Crippen molar-refractivity contribution in [3.8, 4) is 27.9 Å². The van der Waals surface area contributed by atoms with E-state index >= 15 is 0 Å². The van der Waals surface area contributed by atoms with Gasteiger partial charge in [0.25, 0.3) is 0 Å². The van der Waals surface area contributed by atoms with E-state index in [1.807, 2.05) is 12.1 Å². The monoisotopic (exact) mass is 819 g/mol. The second kappa shape index (κ2) is 15.1. The maximum Gasteiger partial charge on any atom is 0.123 e. The Morgan fingerprint density at radius 1 is 0.344 bits per heavy atom. The van der Waals surface area contributed by atoms with Crippen LogP contribution in [0.25, 0.3) is 49.7 Å². The highest BCUT2D eigenvalue weighted by atomic mass is 19.1. The zero-order valence-corrected chi connectivity index (χ0v) is 35.1. The van der Waals surface area contributed by atoms with Crippen LogP contribution in [0.15, 0.2) is 255 Å². The van der Waals surface area contributed by atoms with Gasteiger partial charge in [-0.1, -0.05) is 206 Å². The van der Waals surface area contributed by atoms with Crippen LogP contribution in [0.2, 0.25) is 0 Å². The Kier molecular flexibility index (Phi) is 8.88. The van der Waals surface area contributed by atoms with Crippen LogP contribution in [-0.4, -0.2) is 4.57 Å². The summed E-state index contributed by atoms with van der Waals surface area (Å²) in [5, 5.41) is 2.31. The molecular weight excluding hydrogens is 778 g/mol. The minimum atomic E-state index is -0.641. The van der Waals surface area contributed by atoms with E-state index in [0.717, 1.165) is 38.6 Å². The molecule has 11 aromatic rings. The zero-order valence-electron chi connectivity index (χ0n) is 35.1. The van der Waals surface area contributed by atoms with Crippen molar-refractivity contribution in [3.05, 3.63) is 305 Å². The Morgan fingerprint density at radius 2 is 0.797 bits per heavy atom. The highest BCUT2D eigenvalue weighted by Gasteiger charge is 2.48. The van der Waals surface area contributed by atoms with Gasteiger partial charge in [0.05, 0.1) is 21.9 Å². The smallest absolute Gasteiger partial charge is 0.123 e. The lowest BCUT2D eigenvalue weighted by Gasteiger charge is -2.39. The van der Waals surface area contributed by atoms with E-state index in [1.165, 1.54) is 67.8 Å². The Morgan fingerprint density at radius 3 is 1.38 bits per heavy atom. The minimum Gasteiger partial charge on any atom is -0.309 e. The number of fused-ring (bicyclic) bond motifs is 6. The molecule has 0 aliphatic heterocycles. The average molecular weight is 820 g/mol. The molecule has 0 fully saturated rings. The predicted octanol–water partition coefficient (Wildman–Crippen LogP) is 15.3. The van der Waals surface area contributed by atoms with Gasteiger partial charge >= 0.3 is 0 Å². The van der Waals surface area contributed by atoms with E-state index in [0.29, 0.717) is 0 Å². The summed E-state index contributed by atoms with van der Waals surface area (Å²) in [5.74, 6) is -0.244. The van der Waals surface area contributed by atoms with Gasteiger partial charge in [0.1, 0.15) is 5.82 Å². The van der Waals surface area contributed by atoms with Gasteiger partial charge in [0, 0.05) is 16.5 Å². The van der Waals surface area contributed by atoms with Gasteiger partial charge < -0.3 is 4.57 Å². The van der Waals surface area contributed by atoms with Crippen molar-refractivity contribution in [2.45, 2.75) is 10.8 Å². The maximum absolute atomic E-state index is 14.1. The number of rotatable bonds is 8. The molecule has 12 rings (SSSR count). The second-order valence-electron chi connectivity index (χ2n) is 16.9. The molecule has 1 heterocycles. The molecule has 1 aromatic heterocycles. The lowest BCUT2D eigenvalue weighted by atomic mass is 9.63. The van der Waals surface area contributed by atoms with Crippen molar-refractivity contribution < 1.29 is 4.39 Å². The first-order chi connectivity index (χ1) is 31.7. The highest BCUT2D eigenvalue weighted by molar-refractivity contribution is 6.10. The number of halogens is 1. The molecule has 1 aliphatic carbocycles. The molecule has 64 heavy (non-hydrogen) atoms. The highest BCUT2D eigenvalue weighted by Crippen LogP contribution is 2.58. The molecule has 0 saturated heterocycles. The Balaban J connectivity index is 1.13. The molecular formula is C62H42FN. The molecule has 0 amide bonds. The Bertz CT molecular complexity index is 3330. The maximum atomic E-state index is 14.1. The van der Waals surface area contributed by atoms with Crippen LogP contribution in [-0.2, 0) is 10.8 Å². The van der Waals surface area contributed by atoms with E-state index in [4.69, 9.17) is 0 Å². The summed E-state index contributed by atoms with van der Waals surface area (Å²) in [6, 6.07) is 91.6. The minimum absolute atomic E-state index is 0.244. The number of para-hydroxylation sites is 1. The first kappa shape index (κ1) is 37.7. The lowest BCUT2D eigenvalue weighted by Crippen LogP contribution is -2.33. The number of nitrogens with zero attached hydrogens (tertiary/aromatic N) is 1. The van der Waals surface area contributed by atoms with Crippen molar-refractivity contribution in [1.29, 1.82) is 0 Å². The number of hydrogen-bond acceptors (Lipinski definition) is 0. The number of benzene rings is 10. The molecule has 0 saturated carbocycles. The van der Waals surface area contributed by atoms with Gasteiger partial charge in [0.2, 0.25) is 0 Å². The van der Waals surface area contributed by atoms with E-state index in [9.17, 15) is 4.39 Å². The zero-order chi connectivity index (χ0) is 42.7. The van der Waals surface area contributed by atoms with Gasteiger partial charge in [0.15, 0.2) is 0 Å². The van der Waals surface area contributed by atoms with Crippen molar-refractivity contribution in [1.82, 2.24) is 4.57 Å². The van der Waals surface area contributed by atoms with Gasteiger partial charge in [-0.2, -0.15) is 0 Å². The molecule has 2 heteroatoms. The summed E-state index contributed by atoms with van der Waals surface area (Å²) >= 11 is 0. The van der Waals surface area contributed by atoms with Crippen LogP contribution in [0.3, 0.4) is 0 Å². The fourth-order valence-corrected chi connectivity index (χ4v) is 11.0.